The summed E-state index contributed by atoms with van der Waals surface area (Å²) in [5.41, 5.74) is 0.493. The van der Waals surface area contributed by atoms with Crippen LogP contribution in [0.2, 0.25) is 10.0 Å². The minimum Gasteiger partial charge on any atom is -0.335 e. The first-order chi connectivity index (χ1) is 12.4. The third-order valence-electron chi connectivity index (χ3n) is 4.19. The summed E-state index contributed by atoms with van der Waals surface area (Å²) in [5, 5.41) is 0.662. The first-order valence-corrected chi connectivity index (χ1v) is 8.61. The highest BCUT2D eigenvalue weighted by molar-refractivity contribution is 6.42. The molecule has 1 aliphatic heterocycles. The molecule has 0 aromatic heterocycles. The highest BCUT2D eigenvalue weighted by Gasteiger charge is 2.26. The molecule has 26 heavy (non-hydrogen) atoms. The number of rotatable bonds is 2. The monoisotopic (exact) mass is 398 g/mol. The van der Waals surface area contributed by atoms with Crippen molar-refractivity contribution in [2.75, 3.05) is 26.2 Å². The number of amides is 2. The SMILES string of the molecule is O=C(c1ccc(F)c(F)c1)N1CCN(C(=O)c2ccc(Cl)c(Cl)c2)CC1. The van der Waals surface area contributed by atoms with Gasteiger partial charge in [-0.3, -0.25) is 9.59 Å². The van der Waals surface area contributed by atoms with Gasteiger partial charge in [0.1, 0.15) is 0 Å². The molecule has 2 amide bonds. The Bertz CT molecular complexity index is 797. The van der Waals surface area contributed by atoms with Crippen LogP contribution in [0.4, 0.5) is 8.78 Å². The van der Waals surface area contributed by atoms with Gasteiger partial charge in [0.25, 0.3) is 11.8 Å². The van der Waals surface area contributed by atoms with E-state index in [1.54, 1.807) is 17.0 Å². The molecule has 0 atom stereocenters. The normalized spacial score (nSPS) is 14.5. The second kappa shape index (κ2) is 7.60. The minimum absolute atomic E-state index is 0.0770. The van der Waals surface area contributed by atoms with Crippen molar-refractivity contribution in [3.8, 4) is 0 Å². The molecule has 1 saturated heterocycles. The lowest BCUT2D eigenvalue weighted by atomic mass is 10.1. The molecular weight excluding hydrogens is 385 g/mol. The molecule has 3 rings (SSSR count). The summed E-state index contributed by atoms with van der Waals surface area (Å²) < 4.78 is 26.3. The van der Waals surface area contributed by atoms with Gasteiger partial charge >= 0.3 is 0 Å². The predicted molar refractivity (Wildman–Crippen MR) is 94.6 cm³/mol. The molecule has 8 heteroatoms. The fraction of sp³-hybridized carbons (Fsp3) is 0.222. The molecule has 1 heterocycles. The number of hydrogen-bond donors (Lipinski definition) is 0. The van der Waals surface area contributed by atoms with Crippen molar-refractivity contribution in [1.29, 1.82) is 0 Å². The number of benzene rings is 2. The van der Waals surface area contributed by atoms with E-state index >= 15 is 0 Å². The quantitative estimate of drug-likeness (QED) is 0.770. The van der Waals surface area contributed by atoms with Gasteiger partial charge in [-0.25, -0.2) is 8.78 Å². The zero-order chi connectivity index (χ0) is 18.8. The van der Waals surface area contributed by atoms with Crippen LogP contribution in [0, 0.1) is 11.6 Å². The average molecular weight is 399 g/mol. The van der Waals surface area contributed by atoms with Gasteiger partial charge < -0.3 is 9.80 Å². The summed E-state index contributed by atoms with van der Waals surface area (Å²) >= 11 is 11.8. The maximum absolute atomic E-state index is 13.3. The van der Waals surface area contributed by atoms with Crippen LogP contribution >= 0.6 is 23.2 Å². The smallest absolute Gasteiger partial charge is 0.254 e. The minimum atomic E-state index is -1.07. The van der Waals surface area contributed by atoms with E-state index in [1.807, 2.05) is 0 Å². The number of piperazine rings is 1. The standard InChI is InChI=1S/C18H14Cl2F2N2O2/c19-13-3-1-11(9-14(13)20)17(25)23-5-7-24(8-6-23)18(26)12-2-4-15(21)16(22)10-12/h1-4,9-10H,5-8H2. The summed E-state index contributed by atoms with van der Waals surface area (Å²) in [6, 6.07) is 7.70. The topological polar surface area (TPSA) is 40.6 Å². The zero-order valence-corrected chi connectivity index (χ0v) is 15.0. The maximum Gasteiger partial charge on any atom is 0.254 e. The predicted octanol–water partition coefficient (Wildman–Crippen LogP) is 3.87. The van der Waals surface area contributed by atoms with Gasteiger partial charge in [-0.1, -0.05) is 23.2 Å². The Kier molecular flexibility index (Phi) is 5.44. The van der Waals surface area contributed by atoms with E-state index in [0.29, 0.717) is 41.8 Å². The Morgan fingerprint density at radius 3 is 1.73 bits per heavy atom. The van der Waals surface area contributed by atoms with Crippen molar-refractivity contribution in [3.05, 3.63) is 69.2 Å². The van der Waals surface area contributed by atoms with Crippen molar-refractivity contribution in [3.63, 3.8) is 0 Å². The van der Waals surface area contributed by atoms with E-state index in [0.717, 1.165) is 12.1 Å². The second-order valence-electron chi connectivity index (χ2n) is 5.84. The van der Waals surface area contributed by atoms with Crippen LogP contribution in [-0.2, 0) is 0 Å². The Labute approximate surface area is 158 Å². The van der Waals surface area contributed by atoms with Crippen molar-refractivity contribution in [2.45, 2.75) is 0 Å². The van der Waals surface area contributed by atoms with Crippen molar-refractivity contribution >= 4 is 35.0 Å². The third kappa shape index (κ3) is 3.81. The number of carbonyl (C=O) groups is 2. The molecule has 4 nitrogen and oxygen atoms in total. The van der Waals surface area contributed by atoms with E-state index in [9.17, 15) is 18.4 Å². The third-order valence-corrected chi connectivity index (χ3v) is 4.93. The lowest BCUT2D eigenvalue weighted by molar-refractivity contribution is 0.0535. The van der Waals surface area contributed by atoms with Gasteiger partial charge in [-0.05, 0) is 36.4 Å². The largest absolute Gasteiger partial charge is 0.335 e. The fourth-order valence-corrected chi connectivity index (χ4v) is 3.03. The van der Waals surface area contributed by atoms with E-state index in [4.69, 9.17) is 23.2 Å². The first-order valence-electron chi connectivity index (χ1n) is 7.85. The van der Waals surface area contributed by atoms with E-state index in [1.165, 1.54) is 17.0 Å². The number of hydrogen-bond acceptors (Lipinski definition) is 2. The van der Waals surface area contributed by atoms with Gasteiger partial charge in [-0.2, -0.15) is 0 Å². The molecule has 1 aliphatic rings. The van der Waals surface area contributed by atoms with E-state index < -0.39 is 17.5 Å². The highest BCUT2D eigenvalue weighted by atomic mass is 35.5. The van der Waals surface area contributed by atoms with Gasteiger partial charge in [-0.15, -0.1) is 0 Å². The van der Waals surface area contributed by atoms with Crippen molar-refractivity contribution in [2.24, 2.45) is 0 Å². The summed E-state index contributed by atoms with van der Waals surface area (Å²) in [4.78, 5) is 28.0. The molecule has 0 aliphatic carbocycles. The van der Waals surface area contributed by atoms with E-state index in [2.05, 4.69) is 0 Å². The molecule has 0 spiro atoms. The maximum atomic E-state index is 13.3. The van der Waals surface area contributed by atoms with Crippen LogP contribution in [-0.4, -0.2) is 47.8 Å². The Morgan fingerprint density at radius 1 is 0.731 bits per heavy atom. The van der Waals surface area contributed by atoms with Crippen LogP contribution in [0.1, 0.15) is 20.7 Å². The van der Waals surface area contributed by atoms with Gasteiger partial charge in [0.15, 0.2) is 11.6 Å². The fourth-order valence-electron chi connectivity index (χ4n) is 2.74. The molecule has 0 unspecified atom stereocenters. The summed E-state index contributed by atoms with van der Waals surface area (Å²) in [6.45, 7) is 1.25. The van der Waals surface area contributed by atoms with E-state index in [-0.39, 0.29) is 11.5 Å². The zero-order valence-electron chi connectivity index (χ0n) is 13.5. The van der Waals surface area contributed by atoms with Gasteiger partial charge in [0, 0.05) is 37.3 Å². The molecule has 2 aromatic carbocycles. The van der Waals surface area contributed by atoms with Crippen LogP contribution in [0.5, 0.6) is 0 Å². The lowest BCUT2D eigenvalue weighted by Crippen LogP contribution is -2.50. The van der Waals surface area contributed by atoms with Crippen LogP contribution in [0.25, 0.3) is 0 Å². The van der Waals surface area contributed by atoms with Crippen molar-refractivity contribution in [1.82, 2.24) is 9.80 Å². The van der Waals surface area contributed by atoms with Gasteiger partial charge in [0.2, 0.25) is 0 Å². The van der Waals surface area contributed by atoms with Gasteiger partial charge in [0.05, 0.1) is 10.0 Å². The van der Waals surface area contributed by atoms with Crippen molar-refractivity contribution < 1.29 is 18.4 Å². The van der Waals surface area contributed by atoms with Crippen LogP contribution in [0.15, 0.2) is 36.4 Å². The molecule has 0 bridgehead atoms. The molecule has 1 fully saturated rings. The highest BCUT2D eigenvalue weighted by Crippen LogP contribution is 2.23. The van der Waals surface area contributed by atoms with Crippen LogP contribution < -0.4 is 0 Å². The number of nitrogens with zero attached hydrogens (tertiary/aromatic N) is 2. The first kappa shape index (κ1) is 18.6. The second-order valence-corrected chi connectivity index (χ2v) is 6.66. The number of halogens is 4. The molecule has 136 valence electrons. The molecule has 0 N–H and O–H groups in total. The Morgan fingerprint density at radius 2 is 1.23 bits per heavy atom. The summed E-state index contributed by atoms with van der Waals surface area (Å²) in [6.07, 6.45) is 0. The number of carbonyl (C=O) groups excluding carboxylic acids is 2. The van der Waals surface area contributed by atoms with Crippen LogP contribution in [0.3, 0.4) is 0 Å². The molecule has 0 saturated carbocycles. The molecule has 2 aromatic rings. The lowest BCUT2D eigenvalue weighted by Gasteiger charge is -2.35. The Balaban J connectivity index is 1.64. The average Bonchev–Trinajstić information content (AvgIpc) is 2.65. The Hall–Kier alpha value is -2.18. The summed E-state index contributed by atoms with van der Waals surface area (Å²) in [7, 11) is 0. The molecule has 0 radical (unpaired) electrons. The summed E-state index contributed by atoms with van der Waals surface area (Å²) in [5.74, 6) is -2.67. The molecular formula is C18H14Cl2F2N2O2.